The summed E-state index contributed by atoms with van der Waals surface area (Å²) in [5, 5.41) is 11.3. The van der Waals surface area contributed by atoms with Crippen LogP contribution < -0.4 is 10.1 Å². The number of carbonyl (C=O) groups excluding carboxylic acids is 1. The number of aliphatic hydroxyl groups excluding tert-OH is 1. The molecular weight excluding hydrogens is 218 g/mol. The molecule has 4 heteroatoms. The number of hydrogen-bond donors (Lipinski definition) is 2. The number of carbonyl (C=O) groups is 1. The van der Waals surface area contributed by atoms with E-state index in [1.54, 1.807) is 12.1 Å². The molecule has 0 atom stereocenters. The predicted octanol–water partition coefficient (Wildman–Crippen LogP) is 2.33. The Bertz CT molecular complexity index is 314. The highest BCUT2D eigenvalue weighted by Crippen LogP contribution is 2.08. The highest BCUT2D eigenvalue weighted by atomic mass is 16.5. The molecule has 0 spiro atoms. The first-order valence-electron chi connectivity index (χ1n) is 5.94. The Morgan fingerprint density at radius 1 is 1.12 bits per heavy atom. The highest BCUT2D eigenvalue weighted by molar-refractivity contribution is 5.70. The van der Waals surface area contributed by atoms with Gasteiger partial charge in [0.15, 0.2) is 0 Å². The van der Waals surface area contributed by atoms with Gasteiger partial charge in [0, 0.05) is 13.2 Å². The Kier molecular flexibility index (Phi) is 6.82. The van der Waals surface area contributed by atoms with Crippen LogP contribution in [0.4, 0.5) is 4.79 Å². The summed E-state index contributed by atoms with van der Waals surface area (Å²) in [6, 6.07) is 8.97. The number of amides is 1. The quantitative estimate of drug-likeness (QED) is 0.715. The lowest BCUT2D eigenvalue weighted by Gasteiger charge is -2.06. The average molecular weight is 237 g/mol. The number of para-hydroxylation sites is 1. The molecule has 1 amide bonds. The molecule has 1 aromatic carbocycles. The summed E-state index contributed by atoms with van der Waals surface area (Å²) in [5.74, 6) is 0.547. The van der Waals surface area contributed by atoms with E-state index in [1.165, 1.54) is 0 Å². The molecule has 0 bridgehead atoms. The SMILES string of the molecule is O=C(NCCCCCCO)Oc1ccccc1. The second-order valence-corrected chi connectivity index (χ2v) is 3.77. The van der Waals surface area contributed by atoms with Crippen LogP contribution in [0.3, 0.4) is 0 Å². The van der Waals surface area contributed by atoms with Crippen molar-refractivity contribution >= 4 is 6.09 Å². The third-order valence-corrected chi connectivity index (χ3v) is 2.31. The number of aliphatic hydroxyl groups is 1. The largest absolute Gasteiger partial charge is 0.412 e. The van der Waals surface area contributed by atoms with Crippen LogP contribution in [0.1, 0.15) is 25.7 Å². The van der Waals surface area contributed by atoms with Gasteiger partial charge in [-0.1, -0.05) is 31.0 Å². The van der Waals surface area contributed by atoms with Gasteiger partial charge in [0.05, 0.1) is 0 Å². The minimum Gasteiger partial charge on any atom is -0.410 e. The lowest BCUT2D eigenvalue weighted by atomic mass is 10.2. The van der Waals surface area contributed by atoms with Crippen molar-refractivity contribution in [3.8, 4) is 5.75 Å². The van der Waals surface area contributed by atoms with Crippen molar-refractivity contribution in [3.05, 3.63) is 30.3 Å². The lowest BCUT2D eigenvalue weighted by Crippen LogP contribution is -2.27. The van der Waals surface area contributed by atoms with Gasteiger partial charge in [-0.25, -0.2) is 4.79 Å². The predicted molar refractivity (Wildman–Crippen MR) is 66.0 cm³/mol. The van der Waals surface area contributed by atoms with Gasteiger partial charge in [-0.2, -0.15) is 0 Å². The molecule has 0 fully saturated rings. The zero-order valence-electron chi connectivity index (χ0n) is 9.89. The molecule has 4 nitrogen and oxygen atoms in total. The standard InChI is InChI=1S/C13H19NO3/c15-11-7-2-1-6-10-14-13(16)17-12-8-4-3-5-9-12/h3-5,8-9,15H,1-2,6-7,10-11H2,(H,14,16). The summed E-state index contributed by atoms with van der Waals surface area (Å²) < 4.78 is 5.05. The molecule has 0 aliphatic carbocycles. The van der Waals surface area contributed by atoms with Crippen LogP contribution in [0.15, 0.2) is 30.3 Å². The molecule has 0 unspecified atom stereocenters. The molecular formula is C13H19NO3. The van der Waals surface area contributed by atoms with E-state index in [0.29, 0.717) is 12.3 Å². The maximum atomic E-state index is 11.3. The van der Waals surface area contributed by atoms with E-state index < -0.39 is 6.09 Å². The van der Waals surface area contributed by atoms with E-state index >= 15 is 0 Å². The van der Waals surface area contributed by atoms with Gasteiger partial charge < -0.3 is 15.2 Å². The van der Waals surface area contributed by atoms with Crippen LogP contribution in [0, 0.1) is 0 Å². The minimum atomic E-state index is -0.418. The van der Waals surface area contributed by atoms with Gasteiger partial charge >= 0.3 is 6.09 Å². The second kappa shape index (κ2) is 8.58. The molecule has 1 rings (SSSR count). The second-order valence-electron chi connectivity index (χ2n) is 3.77. The first kappa shape index (κ1) is 13.5. The summed E-state index contributed by atoms with van der Waals surface area (Å²) in [4.78, 5) is 11.3. The number of benzene rings is 1. The molecule has 0 aliphatic rings. The molecule has 94 valence electrons. The zero-order valence-corrected chi connectivity index (χ0v) is 9.89. The number of rotatable bonds is 7. The lowest BCUT2D eigenvalue weighted by molar-refractivity contribution is 0.200. The van der Waals surface area contributed by atoms with Crippen molar-refractivity contribution in [2.75, 3.05) is 13.2 Å². The molecule has 0 radical (unpaired) electrons. The van der Waals surface area contributed by atoms with Crippen LogP contribution in [0.2, 0.25) is 0 Å². The number of unbranched alkanes of at least 4 members (excludes halogenated alkanes) is 3. The maximum Gasteiger partial charge on any atom is 0.412 e. The zero-order chi connectivity index (χ0) is 12.3. The van der Waals surface area contributed by atoms with Gasteiger partial charge in [-0.3, -0.25) is 0 Å². The van der Waals surface area contributed by atoms with E-state index in [-0.39, 0.29) is 6.61 Å². The molecule has 0 aliphatic heterocycles. The average Bonchev–Trinajstić information content (AvgIpc) is 2.35. The van der Waals surface area contributed by atoms with Gasteiger partial charge in [0.1, 0.15) is 5.75 Å². The highest BCUT2D eigenvalue weighted by Gasteiger charge is 2.01. The van der Waals surface area contributed by atoms with Crippen LogP contribution in [0.5, 0.6) is 5.75 Å². The summed E-state index contributed by atoms with van der Waals surface area (Å²) >= 11 is 0. The third-order valence-electron chi connectivity index (χ3n) is 2.31. The Balaban J connectivity index is 2.06. The maximum absolute atomic E-state index is 11.3. The van der Waals surface area contributed by atoms with Gasteiger partial charge in [-0.05, 0) is 25.0 Å². The summed E-state index contributed by atoms with van der Waals surface area (Å²) in [7, 11) is 0. The Morgan fingerprint density at radius 2 is 1.82 bits per heavy atom. The van der Waals surface area contributed by atoms with Crippen LogP contribution in [-0.4, -0.2) is 24.4 Å². The van der Waals surface area contributed by atoms with Crippen LogP contribution in [-0.2, 0) is 0 Å². The van der Waals surface area contributed by atoms with Crippen LogP contribution in [0.25, 0.3) is 0 Å². The number of ether oxygens (including phenoxy) is 1. The van der Waals surface area contributed by atoms with E-state index in [2.05, 4.69) is 5.32 Å². The topological polar surface area (TPSA) is 58.6 Å². The molecule has 0 heterocycles. The minimum absolute atomic E-state index is 0.240. The van der Waals surface area contributed by atoms with E-state index in [9.17, 15) is 4.79 Å². The van der Waals surface area contributed by atoms with Gasteiger partial charge in [0.2, 0.25) is 0 Å². The van der Waals surface area contributed by atoms with E-state index in [4.69, 9.17) is 9.84 Å². The van der Waals surface area contributed by atoms with Gasteiger partial charge in [-0.15, -0.1) is 0 Å². The molecule has 2 N–H and O–H groups in total. The fraction of sp³-hybridized carbons (Fsp3) is 0.462. The van der Waals surface area contributed by atoms with E-state index in [1.807, 2.05) is 18.2 Å². The number of hydrogen-bond acceptors (Lipinski definition) is 3. The van der Waals surface area contributed by atoms with Crippen LogP contribution >= 0.6 is 0 Å². The Hall–Kier alpha value is -1.55. The first-order chi connectivity index (χ1) is 8.33. The summed E-state index contributed by atoms with van der Waals surface area (Å²) in [5.41, 5.74) is 0. The van der Waals surface area contributed by atoms with Crippen molar-refractivity contribution in [1.82, 2.24) is 5.32 Å². The normalized spacial score (nSPS) is 9.94. The summed E-state index contributed by atoms with van der Waals surface area (Å²) in [6.07, 6.45) is 3.31. The van der Waals surface area contributed by atoms with Crippen molar-refractivity contribution in [1.29, 1.82) is 0 Å². The van der Waals surface area contributed by atoms with Gasteiger partial charge in [0.25, 0.3) is 0 Å². The first-order valence-corrected chi connectivity index (χ1v) is 5.94. The van der Waals surface area contributed by atoms with Crippen molar-refractivity contribution < 1.29 is 14.6 Å². The third kappa shape index (κ3) is 6.58. The van der Waals surface area contributed by atoms with Crippen molar-refractivity contribution in [2.45, 2.75) is 25.7 Å². The molecule has 0 saturated carbocycles. The molecule has 17 heavy (non-hydrogen) atoms. The smallest absolute Gasteiger partial charge is 0.410 e. The molecule has 1 aromatic rings. The molecule has 0 aromatic heterocycles. The van der Waals surface area contributed by atoms with Crippen molar-refractivity contribution in [2.24, 2.45) is 0 Å². The fourth-order valence-electron chi connectivity index (χ4n) is 1.41. The molecule has 0 saturated heterocycles. The monoisotopic (exact) mass is 237 g/mol. The Morgan fingerprint density at radius 3 is 2.53 bits per heavy atom. The van der Waals surface area contributed by atoms with E-state index in [0.717, 1.165) is 25.7 Å². The number of nitrogens with one attached hydrogen (secondary N) is 1. The Labute approximate surface area is 102 Å². The fourth-order valence-corrected chi connectivity index (χ4v) is 1.41. The van der Waals surface area contributed by atoms with Crippen molar-refractivity contribution in [3.63, 3.8) is 0 Å². The summed E-state index contributed by atoms with van der Waals surface area (Å²) in [6.45, 7) is 0.848.